The van der Waals surface area contributed by atoms with E-state index < -0.39 is 0 Å². The fraction of sp³-hybridized carbons (Fsp3) is 0.412. The third-order valence-corrected chi connectivity index (χ3v) is 5.04. The number of piperidine rings is 1. The highest BCUT2D eigenvalue weighted by Gasteiger charge is 2.25. The largest absolute Gasteiger partial charge is 0.339 e. The van der Waals surface area contributed by atoms with Gasteiger partial charge in [-0.25, -0.2) is 0 Å². The van der Waals surface area contributed by atoms with E-state index in [0.717, 1.165) is 42.9 Å². The highest BCUT2D eigenvalue weighted by Crippen LogP contribution is 2.24. The molecule has 0 bridgehead atoms. The number of carbonyl (C=O) groups is 1. The number of hydrogen-bond donors (Lipinski definition) is 0. The van der Waals surface area contributed by atoms with Crippen molar-refractivity contribution < 1.29 is 4.79 Å². The van der Waals surface area contributed by atoms with Crippen LogP contribution in [0.2, 0.25) is 0 Å². The van der Waals surface area contributed by atoms with Crippen molar-refractivity contribution in [3.8, 4) is 0 Å². The van der Waals surface area contributed by atoms with Crippen molar-refractivity contribution in [1.29, 1.82) is 0 Å². The van der Waals surface area contributed by atoms with Gasteiger partial charge < -0.3 is 4.90 Å². The van der Waals surface area contributed by atoms with Gasteiger partial charge in [0.15, 0.2) is 0 Å². The summed E-state index contributed by atoms with van der Waals surface area (Å²) in [7, 11) is 0. The zero-order valence-corrected chi connectivity index (χ0v) is 13.6. The lowest BCUT2D eigenvalue weighted by atomic mass is 9.96. The first kappa shape index (κ1) is 15.2. The third kappa shape index (κ3) is 3.35. The summed E-state index contributed by atoms with van der Waals surface area (Å²) in [5.41, 5.74) is 0.834. The SMILES string of the molecule is CSc1ccccc1C(=O)N1CCC(Cn2cccn2)CC1. The van der Waals surface area contributed by atoms with E-state index in [-0.39, 0.29) is 5.91 Å². The normalized spacial score (nSPS) is 16.0. The molecule has 0 radical (unpaired) electrons. The first-order valence-corrected chi connectivity index (χ1v) is 8.90. The Labute approximate surface area is 135 Å². The second kappa shape index (κ2) is 7.01. The summed E-state index contributed by atoms with van der Waals surface area (Å²) in [5, 5.41) is 4.27. The molecule has 1 saturated heterocycles. The molecule has 1 aliphatic heterocycles. The Balaban J connectivity index is 1.60. The van der Waals surface area contributed by atoms with E-state index >= 15 is 0 Å². The van der Waals surface area contributed by atoms with Gasteiger partial charge in [-0.2, -0.15) is 5.10 Å². The van der Waals surface area contributed by atoms with Crippen LogP contribution in [0.5, 0.6) is 0 Å². The number of thioether (sulfide) groups is 1. The Bertz CT molecular complexity index is 619. The van der Waals surface area contributed by atoms with Gasteiger partial charge in [-0.1, -0.05) is 12.1 Å². The molecule has 1 aromatic heterocycles. The zero-order chi connectivity index (χ0) is 15.4. The van der Waals surface area contributed by atoms with E-state index in [4.69, 9.17) is 0 Å². The van der Waals surface area contributed by atoms with Gasteiger partial charge >= 0.3 is 0 Å². The molecule has 22 heavy (non-hydrogen) atoms. The molecule has 4 nitrogen and oxygen atoms in total. The van der Waals surface area contributed by atoms with Gasteiger partial charge in [-0.3, -0.25) is 9.48 Å². The van der Waals surface area contributed by atoms with Crippen LogP contribution in [-0.4, -0.2) is 39.9 Å². The van der Waals surface area contributed by atoms with Crippen molar-refractivity contribution in [2.24, 2.45) is 5.92 Å². The number of amides is 1. The highest BCUT2D eigenvalue weighted by atomic mass is 32.2. The lowest BCUT2D eigenvalue weighted by Crippen LogP contribution is -2.39. The first-order chi connectivity index (χ1) is 10.8. The summed E-state index contributed by atoms with van der Waals surface area (Å²) in [6.45, 7) is 2.64. The molecule has 3 rings (SSSR count). The van der Waals surface area contributed by atoms with Gasteiger partial charge in [-0.05, 0) is 43.2 Å². The third-order valence-electron chi connectivity index (χ3n) is 4.24. The number of likely N-dealkylation sites (tertiary alicyclic amines) is 1. The van der Waals surface area contributed by atoms with Crippen LogP contribution < -0.4 is 0 Å². The average Bonchev–Trinajstić information content (AvgIpc) is 3.08. The molecule has 2 aromatic rings. The topological polar surface area (TPSA) is 38.1 Å². The van der Waals surface area contributed by atoms with Crippen LogP contribution in [0.25, 0.3) is 0 Å². The molecule has 1 aromatic carbocycles. The zero-order valence-electron chi connectivity index (χ0n) is 12.8. The van der Waals surface area contributed by atoms with Crippen molar-refractivity contribution in [3.05, 3.63) is 48.3 Å². The minimum Gasteiger partial charge on any atom is -0.339 e. The van der Waals surface area contributed by atoms with Crippen LogP contribution in [0.1, 0.15) is 23.2 Å². The lowest BCUT2D eigenvalue weighted by Gasteiger charge is -2.32. The predicted molar refractivity (Wildman–Crippen MR) is 89.1 cm³/mol. The second-order valence-electron chi connectivity index (χ2n) is 5.66. The van der Waals surface area contributed by atoms with E-state index in [1.807, 2.05) is 58.6 Å². The van der Waals surface area contributed by atoms with Crippen molar-refractivity contribution in [2.45, 2.75) is 24.3 Å². The Kier molecular flexibility index (Phi) is 4.83. The Morgan fingerprint density at radius 3 is 2.73 bits per heavy atom. The number of hydrogen-bond acceptors (Lipinski definition) is 3. The maximum Gasteiger partial charge on any atom is 0.254 e. The lowest BCUT2D eigenvalue weighted by molar-refractivity contribution is 0.0678. The fourth-order valence-corrected chi connectivity index (χ4v) is 3.57. The van der Waals surface area contributed by atoms with Gasteiger partial charge in [0.1, 0.15) is 0 Å². The van der Waals surface area contributed by atoms with Crippen molar-refractivity contribution in [1.82, 2.24) is 14.7 Å². The molecular formula is C17H21N3OS. The number of nitrogens with zero attached hydrogens (tertiary/aromatic N) is 3. The number of benzene rings is 1. The molecule has 1 fully saturated rings. The van der Waals surface area contributed by atoms with Crippen LogP contribution >= 0.6 is 11.8 Å². The van der Waals surface area contributed by atoms with Crippen molar-refractivity contribution in [3.63, 3.8) is 0 Å². The minimum atomic E-state index is 0.169. The fourth-order valence-electron chi connectivity index (χ4n) is 2.98. The van der Waals surface area contributed by atoms with Gasteiger partial charge in [0.05, 0.1) is 5.56 Å². The number of rotatable bonds is 4. The molecule has 116 valence electrons. The Morgan fingerprint density at radius 1 is 1.27 bits per heavy atom. The molecule has 0 N–H and O–H groups in total. The van der Waals surface area contributed by atoms with Crippen LogP contribution in [0, 0.1) is 5.92 Å². The van der Waals surface area contributed by atoms with E-state index in [1.165, 1.54) is 0 Å². The monoisotopic (exact) mass is 315 g/mol. The van der Waals surface area contributed by atoms with E-state index in [9.17, 15) is 4.79 Å². The van der Waals surface area contributed by atoms with E-state index in [1.54, 1.807) is 11.8 Å². The summed E-state index contributed by atoms with van der Waals surface area (Å²) < 4.78 is 1.99. The molecular weight excluding hydrogens is 294 g/mol. The molecule has 1 aliphatic rings. The molecule has 2 heterocycles. The number of aromatic nitrogens is 2. The first-order valence-electron chi connectivity index (χ1n) is 7.67. The summed E-state index contributed by atoms with van der Waals surface area (Å²) in [6, 6.07) is 9.83. The summed E-state index contributed by atoms with van der Waals surface area (Å²) in [4.78, 5) is 15.8. The molecule has 0 saturated carbocycles. The maximum absolute atomic E-state index is 12.7. The van der Waals surface area contributed by atoms with Gasteiger partial charge in [0, 0.05) is 36.9 Å². The summed E-state index contributed by atoms with van der Waals surface area (Å²) in [5.74, 6) is 0.780. The van der Waals surface area contributed by atoms with Crippen LogP contribution in [0.4, 0.5) is 0 Å². The smallest absolute Gasteiger partial charge is 0.254 e. The standard InChI is InChI=1S/C17H21N3OS/c1-22-16-6-3-2-5-15(16)17(21)19-11-7-14(8-12-19)13-20-10-4-9-18-20/h2-6,9-10,14H,7-8,11-13H2,1H3. The van der Waals surface area contributed by atoms with Crippen molar-refractivity contribution in [2.75, 3.05) is 19.3 Å². The van der Waals surface area contributed by atoms with Crippen molar-refractivity contribution >= 4 is 17.7 Å². The van der Waals surface area contributed by atoms with Gasteiger partial charge in [-0.15, -0.1) is 11.8 Å². The summed E-state index contributed by atoms with van der Waals surface area (Å²) in [6.07, 6.45) is 7.94. The predicted octanol–water partition coefficient (Wildman–Crippen LogP) is 3.16. The van der Waals surface area contributed by atoms with Crippen LogP contribution in [-0.2, 0) is 6.54 Å². The Hall–Kier alpha value is -1.75. The molecule has 0 unspecified atom stereocenters. The molecule has 5 heteroatoms. The molecule has 1 amide bonds. The molecule has 0 spiro atoms. The maximum atomic E-state index is 12.7. The van der Waals surface area contributed by atoms with Gasteiger partial charge in [0.2, 0.25) is 0 Å². The van der Waals surface area contributed by atoms with E-state index in [0.29, 0.717) is 5.92 Å². The highest BCUT2D eigenvalue weighted by molar-refractivity contribution is 7.98. The Morgan fingerprint density at radius 2 is 2.05 bits per heavy atom. The molecule has 0 aliphatic carbocycles. The van der Waals surface area contributed by atoms with Crippen LogP contribution in [0.3, 0.4) is 0 Å². The van der Waals surface area contributed by atoms with E-state index in [2.05, 4.69) is 5.10 Å². The van der Waals surface area contributed by atoms with Crippen LogP contribution in [0.15, 0.2) is 47.6 Å². The minimum absolute atomic E-state index is 0.169. The average molecular weight is 315 g/mol. The second-order valence-corrected chi connectivity index (χ2v) is 6.51. The van der Waals surface area contributed by atoms with Gasteiger partial charge in [0.25, 0.3) is 5.91 Å². The molecule has 0 atom stereocenters. The quantitative estimate of drug-likeness (QED) is 0.814. The number of carbonyl (C=O) groups excluding carboxylic acids is 1. The summed E-state index contributed by atoms with van der Waals surface area (Å²) >= 11 is 1.63.